The van der Waals surface area contributed by atoms with Crippen LogP contribution in [0.3, 0.4) is 0 Å². The molecular weight excluding hydrogens is 377 g/mol. The van der Waals surface area contributed by atoms with Crippen molar-refractivity contribution in [3.8, 4) is 11.3 Å². The number of methoxy groups -OCH3 is 1. The normalized spacial score (nSPS) is 10.4. The Morgan fingerprint density at radius 2 is 1.77 bits per heavy atom. The Morgan fingerprint density at radius 3 is 2.54 bits per heavy atom. The zero-order valence-electron chi connectivity index (χ0n) is 13.6. The van der Waals surface area contributed by atoms with Crippen LogP contribution >= 0.6 is 23.2 Å². The monoisotopic (exact) mass is 389 g/mol. The van der Waals surface area contributed by atoms with E-state index in [4.69, 9.17) is 32.4 Å². The fraction of sp³-hybridized carbons (Fsp3) is 0.0526. The second-order valence-electron chi connectivity index (χ2n) is 5.26. The van der Waals surface area contributed by atoms with E-state index in [1.54, 1.807) is 48.5 Å². The number of nitrogens with one attached hydrogen (secondary N) is 1. The summed E-state index contributed by atoms with van der Waals surface area (Å²) >= 11 is 12.2. The van der Waals surface area contributed by atoms with Gasteiger partial charge in [0.1, 0.15) is 5.76 Å². The number of amides is 1. The maximum atomic E-state index is 12.5. The zero-order valence-corrected chi connectivity index (χ0v) is 15.1. The molecular formula is C19H13Cl2NO4. The molecule has 0 bridgehead atoms. The molecule has 1 aromatic heterocycles. The molecule has 0 aliphatic rings. The second kappa shape index (κ2) is 7.64. The lowest BCUT2D eigenvalue weighted by molar-refractivity contribution is 0.0602. The molecule has 2 aromatic carbocycles. The highest BCUT2D eigenvalue weighted by Gasteiger charge is 2.18. The number of benzene rings is 2. The second-order valence-corrected chi connectivity index (χ2v) is 6.04. The number of halogens is 2. The van der Waals surface area contributed by atoms with Gasteiger partial charge in [-0.15, -0.1) is 0 Å². The molecule has 0 saturated carbocycles. The van der Waals surface area contributed by atoms with Crippen molar-refractivity contribution in [3.05, 3.63) is 76.0 Å². The molecule has 0 atom stereocenters. The molecule has 0 saturated heterocycles. The van der Waals surface area contributed by atoms with Crippen molar-refractivity contribution in [2.24, 2.45) is 0 Å². The molecule has 1 N–H and O–H groups in total. The molecule has 0 aliphatic heterocycles. The van der Waals surface area contributed by atoms with Gasteiger partial charge in [-0.3, -0.25) is 4.79 Å². The molecule has 7 heteroatoms. The van der Waals surface area contributed by atoms with Crippen LogP contribution in [0.4, 0.5) is 5.69 Å². The SMILES string of the molecule is COC(=O)c1ccccc1NC(=O)c1ccc(-c2cccc(Cl)c2Cl)o1. The average Bonchev–Trinajstić information content (AvgIpc) is 3.14. The van der Waals surface area contributed by atoms with Gasteiger partial charge in [0.05, 0.1) is 28.4 Å². The fourth-order valence-electron chi connectivity index (χ4n) is 2.36. The molecule has 3 aromatic rings. The predicted molar refractivity (Wildman–Crippen MR) is 99.9 cm³/mol. The summed E-state index contributed by atoms with van der Waals surface area (Å²) < 4.78 is 10.3. The molecule has 0 unspecified atom stereocenters. The molecule has 0 radical (unpaired) electrons. The van der Waals surface area contributed by atoms with Gasteiger partial charge in [-0.1, -0.05) is 41.4 Å². The molecule has 0 aliphatic carbocycles. The van der Waals surface area contributed by atoms with Crippen LogP contribution in [0, 0.1) is 0 Å². The maximum Gasteiger partial charge on any atom is 0.339 e. The highest BCUT2D eigenvalue weighted by molar-refractivity contribution is 6.43. The van der Waals surface area contributed by atoms with Crippen LogP contribution in [0.15, 0.2) is 59.0 Å². The quantitative estimate of drug-likeness (QED) is 0.615. The number of para-hydroxylation sites is 1. The molecule has 5 nitrogen and oxygen atoms in total. The third-order valence-electron chi connectivity index (χ3n) is 3.63. The summed E-state index contributed by atoms with van der Waals surface area (Å²) in [5, 5.41) is 3.37. The number of anilines is 1. The van der Waals surface area contributed by atoms with E-state index in [0.717, 1.165) is 0 Å². The average molecular weight is 390 g/mol. The third-order valence-corrected chi connectivity index (χ3v) is 4.45. The zero-order chi connectivity index (χ0) is 18.7. The van der Waals surface area contributed by atoms with E-state index < -0.39 is 11.9 Å². The van der Waals surface area contributed by atoms with Crippen LogP contribution in [0.25, 0.3) is 11.3 Å². The minimum absolute atomic E-state index is 0.0655. The van der Waals surface area contributed by atoms with Crippen LogP contribution in [0.1, 0.15) is 20.9 Å². The molecule has 0 spiro atoms. The largest absolute Gasteiger partial charge is 0.465 e. The summed E-state index contributed by atoms with van der Waals surface area (Å²) in [4.78, 5) is 24.2. The Kier molecular flexibility index (Phi) is 5.30. The van der Waals surface area contributed by atoms with E-state index in [1.165, 1.54) is 13.2 Å². The molecule has 3 rings (SSSR count). The van der Waals surface area contributed by atoms with Gasteiger partial charge in [0.2, 0.25) is 0 Å². The van der Waals surface area contributed by atoms with Gasteiger partial charge in [-0.05, 0) is 36.4 Å². The van der Waals surface area contributed by atoms with Crippen molar-refractivity contribution >= 4 is 40.8 Å². The Labute approximate surface area is 159 Å². The van der Waals surface area contributed by atoms with E-state index in [1.807, 2.05) is 0 Å². The van der Waals surface area contributed by atoms with Crippen molar-refractivity contribution in [1.82, 2.24) is 0 Å². The van der Waals surface area contributed by atoms with E-state index in [9.17, 15) is 9.59 Å². The summed E-state index contributed by atoms with van der Waals surface area (Å²) in [6.07, 6.45) is 0. The molecule has 132 valence electrons. The van der Waals surface area contributed by atoms with E-state index in [-0.39, 0.29) is 11.3 Å². The van der Waals surface area contributed by atoms with Crippen molar-refractivity contribution < 1.29 is 18.7 Å². The highest BCUT2D eigenvalue weighted by atomic mass is 35.5. The summed E-state index contributed by atoms with van der Waals surface area (Å²) in [5.41, 5.74) is 1.14. The van der Waals surface area contributed by atoms with E-state index in [0.29, 0.717) is 27.1 Å². The van der Waals surface area contributed by atoms with Crippen LogP contribution in [-0.4, -0.2) is 19.0 Å². The highest BCUT2D eigenvalue weighted by Crippen LogP contribution is 2.34. The Bertz CT molecular complexity index is 981. The van der Waals surface area contributed by atoms with E-state index in [2.05, 4.69) is 5.32 Å². The summed E-state index contributed by atoms with van der Waals surface area (Å²) in [5.74, 6) is -0.586. The van der Waals surface area contributed by atoms with Crippen molar-refractivity contribution in [1.29, 1.82) is 0 Å². The minimum Gasteiger partial charge on any atom is -0.465 e. The fourth-order valence-corrected chi connectivity index (χ4v) is 2.76. The minimum atomic E-state index is -0.549. The smallest absolute Gasteiger partial charge is 0.339 e. The standard InChI is InChI=1S/C19H13Cl2NO4/c1-25-19(24)11-5-2-3-8-14(11)22-18(23)16-10-9-15(26-16)12-6-4-7-13(20)17(12)21/h2-10H,1H3,(H,22,23). The maximum absolute atomic E-state index is 12.5. The van der Waals surface area contributed by atoms with Gasteiger partial charge in [-0.25, -0.2) is 4.79 Å². The van der Waals surface area contributed by atoms with Crippen LogP contribution < -0.4 is 5.32 Å². The predicted octanol–water partition coefficient (Wildman–Crippen LogP) is 5.29. The third kappa shape index (κ3) is 3.59. The number of carbonyl (C=O) groups excluding carboxylic acids is 2. The first kappa shape index (κ1) is 18.0. The Morgan fingerprint density at radius 1 is 1.00 bits per heavy atom. The van der Waals surface area contributed by atoms with Gasteiger partial charge in [0.25, 0.3) is 5.91 Å². The number of furan rings is 1. The lowest BCUT2D eigenvalue weighted by atomic mass is 10.1. The van der Waals surface area contributed by atoms with Gasteiger partial charge < -0.3 is 14.5 Å². The first-order valence-electron chi connectivity index (χ1n) is 7.54. The Hall–Kier alpha value is -2.76. The van der Waals surface area contributed by atoms with Gasteiger partial charge in [0.15, 0.2) is 5.76 Å². The summed E-state index contributed by atoms with van der Waals surface area (Å²) in [6, 6.07) is 14.8. The summed E-state index contributed by atoms with van der Waals surface area (Å²) in [6.45, 7) is 0. The number of ether oxygens (including phenoxy) is 1. The van der Waals surface area contributed by atoms with Crippen molar-refractivity contribution in [2.45, 2.75) is 0 Å². The lowest BCUT2D eigenvalue weighted by Crippen LogP contribution is -2.14. The first-order chi connectivity index (χ1) is 12.5. The number of rotatable bonds is 4. The lowest BCUT2D eigenvalue weighted by Gasteiger charge is -2.08. The van der Waals surface area contributed by atoms with Gasteiger partial charge in [-0.2, -0.15) is 0 Å². The molecule has 26 heavy (non-hydrogen) atoms. The number of esters is 1. The molecule has 0 fully saturated rings. The first-order valence-corrected chi connectivity index (χ1v) is 8.29. The van der Waals surface area contributed by atoms with Gasteiger partial charge in [0, 0.05) is 5.56 Å². The molecule has 1 heterocycles. The van der Waals surface area contributed by atoms with Crippen LogP contribution in [0.2, 0.25) is 10.0 Å². The summed E-state index contributed by atoms with van der Waals surface area (Å²) in [7, 11) is 1.27. The number of hydrogen-bond acceptors (Lipinski definition) is 4. The van der Waals surface area contributed by atoms with Crippen LogP contribution in [0.5, 0.6) is 0 Å². The Balaban J connectivity index is 1.86. The van der Waals surface area contributed by atoms with Crippen molar-refractivity contribution in [2.75, 3.05) is 12.4 Å². The number of hydrogen-bond donors (Lipinski definition) is 1. The van der Waals surface area contributed by atoms with E-state index >= 15 is 0 Å². The topological polar surface area (TPSA) is 68.5 Å². The van der Waals surface area contributed by atoms with Crippen molar-refractivity contribution in [3.63, 3.8) is 0 Å². The van der Waals surface area contributed by atoms with Gasteiger partial charge >= 0.3 is 5.97 Å². The molecule has 1 amide bonds. The van der Waals surface area contributed by atoms with Crippen LogP contribution in [-0.2, 0) is 4.74 Å². The number of carbonyl (C=O) groups is 2.